The van der Waals surface area contributed by atoms with Crippen LogP contribution < -0.4 is 10.2 Å². The van der Waals surface area contributed by atoms with Crippen LogP contribution >= 0.6 is 11.6 Å². The minimum absolute atomic E-state index is 0.145. The minimum atomic E-state index is -0.213. The van der Waals surface area contributed by atoms with Crippen LogP contribution in [0.4, 0.5) is 11.5 Å². The number of rotatable bonds is 4. The van der Waals surface area contributed by atoms with Gasteiger partial charge in [-0.1, -0.05) is 17.7 Å². The Morgan fingerprint density at radius 2 is 1.90 bits per heavy atom. The summed E-state index contributed by atoms with van der Waals surface area (Å²) in [5.41, 5.74) is 3.38. The molecule has 0 aliphatic carbocycles. The van der Waals surface area contributed by atoms with Gasteiger partial charge in [-0.2, -0.15) is 0 Å². The summed E-state index contributed by atoms with van der Waals surface area (Å²) in [5, 5.41) is 3.53. The van der Waals surface area contributed by atoms with Gasteiger partial charge in [0.1, 0.15) is 5.82 Å². The number of pyridine rings is 2. The summed E-state index contributed by atoms with van der Waals surface area (Å²) in [6.07, 6.45) is 2.00. The van der Waals surface area contributed by atoms with E-state index in [-0.39, 0.29) is 18.1 Å². The molecule has 31 heavy (non-hydrogen) atoms. The van der Waals surface area contributed by atoms with Crippen molar-refractivity contribution < 1.29 is 9.53 Å². The highest BCUT2D eigenvalue weighted by molar-refractivity contribution is 6.33. The van der Waals surface area contributed by atoms with E-state index in [9.17, 15) is 4.79 Å². The third-order valence-corrected chi connectivity index (χ3v) is 5.55. The van der Waals surface area contributed by atoms with E-state index in [0.717, 1.165) is 30.2 Å². The van der Waals surface area contributed by atoms with Gasteiger partial charge in [0.05, 0.1) is 34.2 Å². The number of carbonyl (C=O) groups excluding carboxylic acids is 1. The molecule has 4 rings (SSSR count). The third-order valence-electron chi connectivity index (χ3n) is 5.22. The number of morpholine rings is 1. The predicted octanol–water partition coefficient (Wildman–Crippen LogP) is 4.97. The number of anilines is 2. The van der Waals surface area contributed by atoms with Gasteiger partial charge in [0.2, 0.25) is 0 Å². The molecule has 1 saturated heterocycles. The van der Waals surface area contributed by atoms with Crippen molar-refractivity contribution in [2.45, 2.75) is 33.0 Å². The molecule has 0 radical (unpaired) electrons. The zero-order valence-corrected chi connectivity index (χ0v) is 18.6. The quantitative estimate of drug-likeness (QED) is 0.625. The summed E-state index contributed by atoms with van der Waals surface area (Å²) >= 11 is 6.34. The lowest BCUT2D eigenvalue weighted by Crippen LogP contribution is -2.45. The minimum Gasteiger partial charge on any atom is -0.372 e. The van der Waals surface area contributed by atoms with Gasteiger partial charge in [-0.25, -0.2) is 4.98 Å². The van der Waals surface area contributed by atoms with Gasteiger partial charge in [-0.05, 0) is 63.2 Å². The van der Waals surface area contributed by atoms with Gasteiger partial charge in [0.25, 0.3) is 5.91 Å². The van der Waals surface area contributed by atoms with Crippen molar-refractivity contribution in [3.63, 3.8) is 0 Å². The smallest absolute Gasteiger partial charge is 0.257 e. The first-order valence-electron chi connectivity index (χ1n) is 10.3. The number of hydrogen-bond acceptors (Lipinski definition) is 5. The Hall–Kier alpha value is -2.96. The molecule has 7 heteroatoms. The highest BCUT2D eigenvalue weighted by atomic mass is 35.5. The molecular formula is C24H25ClN4O2. The van der Waals surface area contributed by atoms with Crippen LogP contribution in [0.5, 0.6) is 0 Å². The Morgan fingerprint density at radius 1 is 1.13 bits per heavy atom. The zero-order valence-electron chi connectivity index (χ0n) is 17.8. The lowest BCUT2D eigenvalue weighted by Gasteiger charge is -2.36. The van der Waals surface area contributed by atoms with Crippen LogP contribution in [0.15, 0.2) is 54.7 Å². The summed E-state index contributed by atoms with van der Waals surface area (Å²) in [6, 6.07) is 14.7. The van der Waals surface area contributed by atoms with Crippen LogP contribution in [0.25, 0.3) is 11.3 Å². The van der Waals surface area contributed by atoms with Gasteiger partial charge < -0.3 is 15.0 Å². The van der Waals surface area contributed by atoms with Crippen LogP contribution in [0.1, 0.15) is 29.9 Å². The number of carbonyl (C=O) groups is 1. The number of nitrogens with zero attached hydrogens (tertiary/aromatic N) is 3. The van der Waals surface area contributed by atoms with E-state index in [1.807, 2.05) is 43.3 Å². The van der Waals surface area contributed by atoms with E-state index >= 15 is 0 Å². The van der Waals surface area contributed by atoms with Crippen molar-refractivity contribution in [1.29, 1.82) is 0 Å². The van der Waals surface area contributed by atoms with Crippen molar-refractivity contribution >= 4 is 29.0 Å². The molecule has 1 N–H and O–H groups in total. The van der Waals surface area contributed by atoms with Crippen molar-refractivity contribution in [2.24, 2.45) is 0 Å². The first-order valence-corrected chi connectivity index (χ1v) is 10.7. The van der Waals surface area contributed by atoms with Gasteiger partial charge >= 0.3 is 0 Å². The van der Waals surface area contributed by atoms with Crippen molar-refractivity contribution in [2.75, 3.05) is 23.3 Å². The molecule has 0 spiro atoms. The topological polar surface area (TPSA) is 67.4 Å². The fourth-order valence-electron chi connectivity index (χ4n) is 3.85. The maximum Gasteiger partial charge on any atom is 0.257 e. The molecule has 6 nitrogen and oxygen atoms in total. The predicted molar refractivity (Wildman–Crippen MR) is 124 cm³/mol. The van der Waals surface area contributed by atoms with E-state index in [1.54, 1.807) is 18.3 Å². The first kappa shape index (κ1) is 21.3. The lowest BCUT2D eigenvalue weighted by atomic mass is 10.1. The molecule has 3 aromatic rings. The molecule has 1 fully saturated rings. The van der Waals surface area contributed by atoms with E-state index in [4.69, 9.17) is 16.3 Å². The standard InChI is InChI=1S/C24H25ClN4O2/c1-15-13-29(14-16(2)31-15)23-10-8-19(17(3)27-23)24(30)28-18-7-9-21(25)20(12-18)22-6-4-5-11-26-22/h4-12,15-16H,13-14H2,1-3H3,(H,28,30). The molecular weight excluding hydrogens is 412 g/mol. The molecule has 160 valence electrons. The SMILES string of the molecule is Cc1nc(N2CC(C)OC(C)C2)ccc1C(=O)Nc1ccc(Cl)c(-c2ccccn2)c1. The molecule has 2 unspecified atom stereocenters. The molecule has 2 aromatic heterocycles. The second-order valence-electron chi connectivity index (χ2n) is 7.83. The van der Waals surface area contributed by atoms with Gasteiger partial charge in [0.15, 0.2) is 0 Å². The molecule has 1 aliphatic rings. The van der Waals surface area contributed by atoms with Crippen LogP contribution in [0, 0.1) is 6.92 Å². The molecule has 1 amide bonds. The summed E-state index contributed by atoms with van der Waals surface area (Å²) in [7, 11) is 0. The number of aromatic nitrogens is 2. The maximum atomic E-state index is 12.9. The summed E-state index contributed by atoms with van der Waals surface area (Å²) in [6.45, 7) is 7.53. The number of benzene rings is 1. The van der Waals surface area contributed by atoms with E-state index in [2.05, 4.69) is 34.0 Å². The summed E-state index contributed by atoms with van der Waals surface area (Å²) in [5.74, 6) is 0.648. The average molecular weight is 437 g/mol. The third kappa shape index (κ3) is 4.86. The number of nitrogens with one attached hydrogen (secondary N) is 1. The van der Waals surface area contributed by atoms with Crippen LogP contribution in [0.2, 0.25) is 5.02 Å². The summed E-state index contributed by atoms with van der Waals surface area (Å²) < 4.78 is 5.80. The number of hydrogen-bond donors (Lipinski definition) is 1. The fraction of sp³-hybridized carbons (Fsp3) is 0.292. The number of ether oxygens (including phenoxy) is 1. The molecule has 3 heterocycles. The number of halogens is 1. The largest absolute Gasteiger partial charge is 0.372 e. The normalized spacial score (nSPS) is 18.6. The van der Waals surface area contributed by atoms with E-state index in [1.165, 1.54) is 0 Å². The highest BCUT2D eigenvalue weighted by Gasteiger charge is 2.24. The van der Waals surface area contributed by atoms with Crippen LogP contribution in [-0.2, 0) is 4.74 Å². The Bertz CT molecular complexity index is 1080. The van der Waals surface area contributed by atoms with Crippen LogP contribution in [0.3, 0.4) is 0 Å². The lowest BCUT2D eigenvalue weighted by molar-refractivity contribution is -0.00547. The second kappa shape index (κ2) is 9.04. The summed E-state index contributed by atoms with van der Waals surface area (Å²) in [4.78, 5) is 24.2. The second-order valence-corrected chi connectivity index (χ2v) is 8.24. The number of amides is 1. The Kier molecular flexibility index (Phi) is 6.20. The maximum absolute atomic E-state index is 12.9. The van der Waals surface area contributed by atoms with Crippen molar-refractivity contribution in [3.8, 4) is 11.3 Å². The highest BCUT2D eigenvalue weighted by Crippen LogP contribution is 2.29. The average Bonchev–Trinajstić information content (AvgIpc) is 2.75. The zero-order chi connectivity index (χ0) is 22.0. The molecule has 2 atom stereocenters. The van der Waals surface area contributed by atoms with Gasteiger partial charge in [0, 0.05) is 30.5 Å². The Morgan fingerprint density at radius 3 is 2.58 bits per heavy atom. The molecule has 1 aromatic carbocycles. The Labute approximate surface area is 187 Å². The molecule has 0 bridgehead atoms. The monoisotopic (exact) mass is 436 g/mol. The van der Waals surface area contributed by atoms with Gasteiger partial charge in [-0.3, -0.25) is 9.78 Å². The van der Waals surface area contributed by atoms with E-state index in [0.29, 0.717) is 22.0 Å². The first-order chi connectivity index (χ1) is 14.9. The van der Waals surface area contributed by atoms with Crippen LogP contribution in [-0.4, -0.2) is 41.2 Å². The molecule has 1 aliphatic heterocycles. The fourth-order valence-corrected chi connectivity index (χ4v) is 4.06. The van der Waals surface area contributed by atoms with Crippen molar-refractivity contribution in [1.82, 2.24) is 9.97 Å². The molecule has 0 saturated carbocycles. The van der Waals surface area contributed by atoms with Crippen molar-refractivity contribution in [3.05, 3.63) is 71.0 Å². The van der Waals surface area contributed by atoms with E-state index < -0.39 is 0 Å². The Balaban J connectivity index is 1.53. The number of aryl methyl sites for hydroxylation is 1. The van der Waals surface area contributed by atoms with Gasteiger partial charge in [-0.15, -0.1) is 0 Å².